The molecule has 1 saturated heterocycles. The number of likely N-dealkylation sites (N-methyl/N-ethyl adjacent to an activating group) is 1. The summed E-state index contributed by atoms with van der Waals surface area (Å²) in [7, 11) is 1.60. The Morgan fingerprint density at radius 1 is 1.07 bits per heavy atom. The SMILES string of the molecule is CCN1CC(=O)N[C@H]2CCN(c3cc(-c4nc(C)no4)ccn3)C[C@@H]2OCc2cccc(c2)Oc2cc(ccc2OC)CCC1=O. The van der Waals surface area contributed by atoms with E-state index in [0.717, 1.165) is 22.5 Å². The Kier molecular flexibility index (Phi) is 9.43. The quantitative estimate of drug-likeness (QED) is 0.349. The van der Waals surface area contributed by atoms with E-state index in [9.17, 15) is 9.59 Å². The molecule has 2 aromatic heterocycles. The smallest absolute Gasteiger partial charge is 0.258 e. The highest BCUT2D eigenvalue weighted by atomic mass is 16.5. The van der Waals surface area contributed by atoms with Crippen molar-refractivity contribution in [2.75, 3.05) is 38.2 Å². The third kappa shape index (κ3) is 7.28. The Balaban J connectivity index is 1.27. The normalized spacial score (nSPS) is 19.4. The van der Waals surface area contributed by atoms with Gasteiger partial charge in [-0.2, -0.15) is 4.98 Å². The summed E-state index contributed by atoms with van der Waals surface area (Å²) in [6.45, 7) is 5.49. The van der Waals surface area contributed by atoms with Crippen LogP contribution in [0.4, 0.5) is 5.82 Å². The number of nitrogens with zero attached hydrogens (tertiary/aromatic N) is 5. The van der Waals surface area contributed by atoms with Gasteiger partial charge in [-0.15, -0.1) is 0 Å². The van der Waals surface area contributed by atoms with Crippen LogP contribution in [0, 0.1) is 6.92 Å². The Hall–Kier alpha value is -4.97. The van der Waals surface area contributed by atoms with Gasteiger partial charge in [-0.05, 0) is 74.2 Å². The van der Waals surface area contributed by atoms with Crippen LogP contribution >= 0.6 is 0 Å². The van der Waals surface area contributed by atoms with Gasteiger partial charge in [0.15, 0.2) is 17.3 Å². The predicted molar refractivity (Wildman–Crippen MR) is 170 cm³/mol. The fourth-order valence-corrected chi connectivity index (χ4v) is 5.79. The number of piperidine rings is 1. The van der Waals surface area contributed by atoms with Gasteiger partial charge in [0.25, 0.3) is 5.89 Å². The lowest BCUT2D eigenvalue weighted by atomic mass is 10.0. The Morgan fingerprint density at radius 2 is 1.96 bits per heavy atom. The summed E-state index contributed by atoms with van der Waals surface area (Å²) in [5, 5.41) is 7.07. The van der Waals surface area contributed by atoms with Gasteiger partial charge in [-0.25, -0.2) is 4.98 Å². The molecule has 4 bridgehead atoms. The third-order valence-electron chi connectivity index (χ3n) is 8.26. The molecule has 6 rings (SSSR count). The first-order valence-corrected chi connectivity index (χ1v) is 15.5. The van der Waals surface area contributed by atoms with Crippen molar-refractivity contribution in [2.24, 2.45) is 0 Å². The molecule has 0 saturated carbocycles. The molecule has 4 aromatic rings. The van der Waals surface area contributed by atoms with E-state index in [-0.39, 0.29) is 36.9 Å². The van der Waals surface area contributed by atoms with Crippen LogP contribution in [0.1, 0.15) is 36.7 Å². The first-order valence-electron chi connectivity index (χ1n) is 15.5. The van der Waals surface area contributed by atoms with Crippen molar-refractivity contribution in [1.82, 2.24) is 25.3 Å². The van der Waals surface area contributed by atoms with Gasteiger partial charge in [-0.3, -0.25) is 9.59 Å². The lowest BCUT2D eigenvalue weighted by Gasteiger charge is -2.39. The maximum Gasteiger partial charge on any atom is 0.258 e. The van der Waals surface area contributed by atoms with Gasteiger partial charge in [-0.1, -0.05) is 23.4 Å². The minimum Gasteiger partial charge on any atom is -0.493 e. The van der Waals surface area contributed by atoms with Crippen molar-refractivity contribution >= 4 is 17.6 Å². The minimum absolute atomic E-state index is 0.0194. The monoisotopic (exact) mass is 626 g/mol. The highest BCUT2D eigenvalue weighted by Crippen LogP contribution is 2.33. The van der Waals surface area contributed by atoms with Crippen molar-refractivity contribution in [3.8, 4) is 28.7 Å². The number of aryl methyl sites for hydroxylation is 2. The number of ether oxygens (including phenoxy) is 3. The topological polar surface area (TPSA) is 132 Å². The molecule has 2 aliphatic heterocycles. The lowest BCUT2D eigenvalue weighted by Crippen LogP contribution is -2.56. The molecule has 1 N–H and O–H groups in total. The molecule has 240 valence electrons. The summed E-state index contributed by atoms with van der Waals surface area (Å²) in [5.74, 6) is 3.22. The standard InChI is InChI=1S/C34H38N6O6/c1-4-39-20-32(41)37-27-13-15-40(31-18-25(12-14-35-31)34-36-22(2)38-46-34)19-30(27)44-21-24-6-5-7-26(16-24)45-29-17-23(9-11-33(39)42)8-10-28(29)43-3/h5-8,10,12,14,16-18,27,30H,4,9,11,13,15,19-21H2,1-3H3,(H,37,41)/t27-,30-/m0/s1. The molecule has 12 heteroatoms. The predicted octanol–water partition coefficient (Wildman–Crippen LogP) is 4.32. The molecule has 4 heterocycles. The van der Waals surface area contributed by atoms with Gasteiger partial charge in [0.05, 0.1) is 32.4 Å². The molecule has 2 aliphatic rings. The average Bonchev–Trinajstić information content (AvgIpc) is 3.51. The molecule has 0 radical (unpaired) electrons. The number of pyridine rings is 1. The summed E-state index contributed by atoms with van der Waals surface area (Å²) in [6, 6.07) is 16.9. The molecule has 1 fully saturated rings. The highest BCUT2D eigenvalue weighted by Gasteiger charge is 2.33. The van der Waals surface area contributed by atoms with Gasteiger partial charge in [0.1, 0.15) is 11.6 Å². The van der Waals surface area contributed by atoms with Crippen LogP contribution in [0.2, 0.25) is 0 Å². The number of hydrogen-bond acceptors (Lipinski definition) is 10. The second-order valence-electron chi connectivity index (χ2n) is 11.5. The third-order valence-corrected chi connectivity index (χ3v) is 8.26. The average molecular weight is 627 g/mol. The van der Waals surface area contributed by atoms with Crippen LogP contribution in [-0.4, -0.2) is 77.3 Å². The van der Waals surface area contributed by atoms with Crippen LogP contribution < -0.4 is 19.7 Å². The summed E-state index contributed by atoms with van der Waals surface area (Å²) < 4.78 is 23.7. The number of carbonyl (C=O) groups excluding carboxylic acids is 2. The first-order chi connectivity index (χ1) is 22.4. The molecule has 0 unspecified atom stereocenters. The van der Waals surface area contributed by atoms with Gasteiger partial charge in [0.2, 0.25) is 11.8 Å². The van der Waals surface area contributed by atoms with E-state index in [1.54, 1.807) is 25.1 Å². The molecular formula is C34H38N6O6. The minimum atomic E-state index is -0.361. The number of amides is 2. The van der Waals surface area contributed by atoms with E-state index >= 15 is 0 Å². The molecule has 2 aromatic carbocycles. The molecule has 46 heavy (non-hydrogen) atoms. The van der Waals surface area contributed by atoms with Crippen molar-refractivity contribution in [2.45, 2.75) is 51.9 Å². The van der Waals surface area contributed by atoms with E-state index in [1.807, 2.05) is 61.5 Å². The second kappa shape index (κ2) is 14.0. The van der Waals surface area contributed by atoms with E-state index in [0.29, 0.717) is 68.0 Å². The Bertz CT molecular complexity index is 1690. The lowest BCUT2D eigenvalue weighted by molar-refractivity contribution is -0.136. The fourth-order valence-electron chi connectivity index (χ4n) is 5.79. The largest absolute Gasteiger partial charge is 0.493 e. The summed E-state index contributed by atoms with van der Waals surface area (Å²) >= 11 is 0. The molecule has 2 amide bonds. The molecular weight excluding hydrogens is 588 g/mol. The number of fused-ring (bicyclic) bond motifs is 5. The maximum atomic E-state index is 13.3. The van der Waals surface area contributed by atoms with Crippen LogP contribution in [-0.2, 0) is 27.4 Å². The Morgan fingerprint density at radius 3 is 2.76 bits per heavy atom. The zero-order chi connectivity index (χ0) is 32.0. The van der Waals surface area contributed by atoms with E-state index in [2.05, 4.69) is 25.3 Å². The number of rotatable bonds is 4. The van der Waals surface area contributed by atoms with Crippen LogP contribution in [0.25, 0.3) is 11.5 Å². The van der Waals surface area contributed by atoms with Gasteiger partial charge >= 0.3 is 0 Å². The van der Waals surface area contributed by atoms with Crippen molar-refractivity contribution in [1.29, 1.82) is 0 Å². The van der Waals surface area contributed by atoms with Crippen LogP contribution in [0.15, 0.2) is 65.3 Å². The van der Waals surface area contributed by atoms with Crippen molar-refractivity contribution < 1.29 is 28.3 Å². The number of methoxy groups -OCH3 is 1. The van der Waals surface area contributed by atoms with Gasteiger partial charge in [0, 0.05) is 37.8 Å². The number of aromatic nitrogens is 3. The number of anilines is 1. The number of hydrogen-bond donors (Lipinski definition) is 1. The van der Waals surface area contributed by atoms with Gasteiger partial charge < -0.3 is 33.9 Å². The zero-order valence-corrected chi connectivity index (χ0v) is 26.3. The van der Waals surface area contributed by atoms with Crippen molar-refractivity contribution in [3.63, 3.8) is 0 Å². The van der Waals surface area contributed by atoms with Crippen molar-refractivity contribution in [3.05, 3.63) is 77.7 Å². The summed E-state index contributed by atoms with van der Waals surface area (Å²) in [4.78, 5) is 39.2. The second-order valence-corrected chi connectivity index (χ2v) is 11.5. The number of carbonyl (C=O) groups is 2. The summed E-state index contributed by atoms with van der Waals surface area (Å²) in [5.41, 5.74) is 2.63. The molecule has 0 aliphatic carbocycles. The summed E-state index contributed by atoms with van der Waals surface area (Å²) in [6.07, 6.45) is 2.75. The van der Waals surface area contributed by atoms with E-state index in [1.165, 1.54) is 0 Å². The van der Waals surface area contributed by atoms with E-state index in [4.69, 9.17) is 18.7 Å². The number of benzene rings is 2. The Labute approximate surface area is 267 Å². The fraction of sp³-hybridized carbons (Fsp3) is 0.382. The first kappa shape index (κ1) is 31.0. The van der Waals surface area contributed by atoms with E-state index < -0.39 is 0 Å². The zero-order valence-electron chi connectivity index (χ0n) is 26.3. The van der Waals surface area contributed by atoms with Crippen LogP contribution in [0.3, 0.4) is 0 Å². The molecule has 2 atom stereocenters. The molecule has 12 nitrogen and oxygen atoms in total. The van der Waals surface area contributed by atoms with Crippen LogP contribution in [0.5, 0.6) is 17.2 Å². The molecule has 0 spiro atoms. The maximum absolute atomic E-state index is 13.3. The number of nitrogens with one attached hydrogen (secondary N) is 1. The highest BCUT2D eigenvalue weighted by molar-refractivity contribution is 5.85.